The number of ketones is 2. The molecule has 0 aromatic heterocycles. The summed E-state index contributed by atoms with van der Waals surface area (Å²) >= 11 is 0. The van der Waals surface area contributed by atoms with Crippen LogP contribution in [0.5, 0.6) is 0 Å². The molecule has 3 N–H and O–H groups in total. The Labute approximate surface area is 172 Å². The van der Waals surface area contributed by atoms with Gasteiger partial charge in [-0.25, -0.2) is 0 Å². The van der Waals surface area contributed by atoms with Crippen LogP contribution < -0.4 is 16.0 Å². The van der Waals surface area contributed by atoms with Crippen LogP contribution in [0.3, 0.4) is 0 Å². The van der Waals surface area contributed by atoms with Gasteiger partial charge < -0.3 is 16.0 Å². The standard InChI is InChI=1S/C22H43N3O3/c1-14(2)21(27)18(24-16(5)6)11-9-10-12-23-20(26)13-19(25-17(7)8)22(28)15(3)4/h14-19,24-25H,9-13H2,1-8H3,(H,23,26). The average molecular weight is 398 g/mol. The van der Waals surface area contributed by atoms with E-state index >= 15 is 0 Å². The lowest BCUT2D eigenvalue weighted by Gasteiger charge is -2.22. The summed E-state index contributed by atoms with van der Waals surface area (Å²) in [6.07, 6.45) is 2.61. The lowest BCUT2D eigenvalue weighted by molar-refractivity contribution is -0.129. The minimum Gasteiger partial charge on any atom is -0.356 e. The van der Waals surface area contributed by atoms with E-state index in [-0.39, 0.29) is 53.9 Å². The Balaban J connectivity index is 4.37. The van der Waals surface area contributed by atoms with E-state index < -0.39 is 6.04 Å². The van der Waals surface area contributed by atoms with E-state index in [0.717, 1.165) is 19.3 Å². The molecule has 0 bridgehead atoms. The van der Waals surface area contributed by atoms with Crippen LogP contribution in [0.1, 0.15) is 81.1 Å². The zero-order valence-corrected chi connectivity index (χ0v) is 19.2. The Morgan fingerprint density at radius 1 is 0.679 bits per heavy atom. The maximum absolute atomic E-state index is 12.3. The first-order valence-electron chi connectivity index (χ1n) is 10.8. The van der Waals surface area contributed by atoms with Gasteiger partial charge in [0, 0.05) is 36.9 Å². The number of nitrogens with one attached hydrogen (secondary N) is 3. The van der Waals surface area contributed by atoms with Crippen molar-refractivity contribution in [3.05, 3.63) is 0 Å². The van der Waals surface area contributed by atoms with E-state index in [2.05, 4.69) is 16.0 Å². The fourth-order valence-corrected chi connectivity index (χ4v) is 3.12. The van der Waals surface area contributed by atoms with Gasteiger partial charge in [-0.2, -0.15) is 0 Å². The smallest absolute Gasteiger partial charge is 0.222 e. The van der Waals surface area contributed by atoms with Gasteiger partial charge in [0.05, 0.1) is 12.1 Å². The van der Waals surface area contributed by atoms with Gasteiger partial charge in [-0.05, 0) is 19.3 Å². The van der Waals surface area contributed by atoms with E-state index in [4.69, 9.17) is 0 Å². The topological polar surface area (TPSA) is 87.3 Å². The van der Waals surface area contributed by atoms with Crippen molar-refractivity contribution in [1.82, 2.24) is 16.0 Å². The van der Waals surface area contributed by atoms with Crippen molar-refractivity contribution < 1.29 is 14.4 Å². The monoisotopic (exact) mass is 397 g/mol. The molecular weight excluding hydrogens is 354 g/mol. The predicted octanol–water partition coefficient (Wildman–Crippen LogP) is 2.85. The van der Waals surface area contributed by atoms with Crippen LogP contribution in [0.2, 0.25) is 0 Å². The summed E-state index contributed by atoms with van der Waals surface area (Å²) in [5, 5.41) is 9.45. The zero-order valence-electron chi connectivity index (χ0n) is 19.2. The summed E-state index contributed by atoms with van der Waals surface area (Å²) in [6.45, 7) is 16.2. The van der Waals surface area contributed by atoms with Crippen LogP contribution in [-0.4, -0.2) is 48.2 Å². The Morgan fingerprint density at radius 3 is 1.61 bits per heavy atom. The second kappa shape index (κ2) is 13.8. The highest BCUT2D eigenvalue weighted by atomic mass is 16.2. The fourth-order valence-electron chi connectivity index (χ4n) is 3.12. The molecule has 164 valence electrons. The number of hydrogen-bond donors (Lipinski definition) is 3. The minimum atomic E-state index is -0.441. The highest BCUT2D eigenvalue weighted by Crippen LogP contribution is 2.09. The summed E-state index contributed by atoms with van der Waals surface area (Å²) in [5.74, 6) is 0.112. The van der Waals surface area contributed by atoms with Gasteiger partial charge in [0.1, 0.15) is 0 Å². The summed E-state index contributed by atoms with van der Waals surface area (Å²) in [4.78, 5) is 36.8. The molecule has 2 unspecified atom stereocenters. The highest BCUT2D eigenvalue weighted by Gasteiger charge is 2.24. The number of hydrogen-bond acceptors (Lipinski definition) is 5. The molecule has 0 aliphatic rings. The van der Waals surface area contributed by atoms with E-state index in [0.29, 0.717) is 6.54 Å². The number of Topliss-reactive ketones (excluding diaryl/α,β-unsaturated/α-hetero) is 2. The Kier molecular flexibility index (Phi) is 13.2. The average Bonchev–Trinajstić information content (AvgIpc) is 2.57. The lowest BCUT2D eigenvalue weighted by Crippen LogP contribution is -2.46. The molecule has 0 rings (SSSR count). The number of rotatable bonds is 15. The molecule has 28 heavy (non-hydrogen) atoms. The van der Waals surface area contributed by atoms with Crippen molar-refractivity contribution >= 4 is 17.5 Å². The highest BCUT2D eigenvalue weighted by molar-refractivity contribution is 5.90. The van der Waals surface area contributed by atoms with Crippen molar-refractivity contribution in [1.29, 1.82) is 0 Å². The number of unbranched alkanes of at least 4 members (excludes halogenated alkanes) is 1. The van der Waals surface area contributed by atoms with Crippen LogP contribution in [0.15, 0.2) is 0 Å². The summed E-state index contributed by atoms with van der Waals surface area (Å²) < 4.78 is 0. The quantitative estimate of drug-likeness (QED) is 0.370. The van der Waals surface area contributed by atoms with Gasteiger partial charge in [0.25, 0.3) is 0 Å². The minimum absolute atomic E-state index is 0.0137. The molecule has 1 amide bonds. The van der Waals surface area contributed by atoms with Gasteiger partial charge in [-0.1, -0.05) is 55.4 Å². The molecule has 6 nitrogen and oxygen atoms in total. The summed E-state index contributed by atoms with van der Waals surface area (Å²) in [6, 6.07) is -0.164. The van der Waals surface area contributed by atoms with E-state index in [9.17, 15) is 14.4 Å². The SMILES string of the molecule is CC(C)NC(CCCCNC(=O)CC(NC(C)C)C(=O)C(C)C)C(=O)C(C)C. The molecule has 0 saturated carbocycles. The molecular formula is C22H43N3O3. The Morgan fingerprint density at radius 2 is 1.14 bits per heavy atom. The molecule has 0 aromatic carbocycles. The Bertz CT molecular complexity index is 487. The van der Waals surface area contributed by atoms with Crippen LogP contribution in [-0.2, 0) is 14.4 Å². The largest absolute Gasteiger partial charge is 0.356 e. The number of carbonyl (C=O) groups excluding carboxylic acids is 3. The zero-order chi connectivity index (χ0) is 21.9. The first-order valence-corrected chi connectivity index (χ1v) is 10.8. The number of amides is 1. The molecule has 0 fully saturated rings. The first kappa shape index (κ1) is 26.7. The van der Waals surface area contributed by atoms with Crippen molar-refractivity contribution in [2.24, 2.45) is 11.8 Å². The van der Waals surface area contributed by atoms with E-state index in [1.807, 2.05) is 55.4 Å². The van der Waals surface area contributed by atoms with Crippen LogP contribution in [0.4, 0.5) is 0 Å². The molecule has 0 radical (unpaired) electrons. The van der Waals surface area contributed by atoms with Crippen LogP contribution in [0.25, 0.3) is 0 Å². The van der Waals surface area contributed by atoms with Gasteiger partial charge in [-0.15, -0.1) is 0 Å². The van der Waals surface area contributed by atoms with Crippen molar-refractivity contribution in [2.45, 2.75) is 105 Å². The molecule has 2 atom stereocenters. The van der Waals surface area contributed by atoms with Gasteiger partial charge >= 0.3 is 0 Å². The maximum Gasteiger partial charge on any atom is 0.222 e. The van der Waals surface area contributed by atoms with Crippen molar-refractivity contribution in [2.75, 3.05) is 6.54 Å². The molecule has 0 aromatic rings. The summed E-state index contributed by atoms with van der Waals surface area (Å²) in [7, 11) is 0. The third kappa shape index (κ3) is 11.5. The van der Waals surface area contributed by atoms with E-state index in [1.165, 1.54) is 0 Å². The lowest BCUT2D eigenvalue weighted by atomic mass is 9.96. The molecule has 6 heteroatoms. The van der Waals surface area contributed by atoms with Crippen LogP contribution >= 0.6 is 0 Å². The second-order valence-electron chi connectivity index (χ2n) is 8.91. The normalized spacial score (nSPS) is 14.0. The number of carbonyl (C=O) groups is 3. The Hall–Kier alpha value is -1.27. The molecule has 0 heterocycles. The van der Waals surface area contributed by atoms with E-state index in [1.54, 1.807) is 0 Å². The molecule has 0 saturated heterocycles. The molecule has 0 aliphatic carbocycles. The predicted molar refractivity (Wildman–Crippen MR) is 115 cm³/mol. The second-order valence-corrected chi connectivity index (χ2v) is 8.91. The van der Waals surface area contributed by atoms with Gasteiger partial charge in [0.2, 0.25) is 5.91 Å². The first-order chi connectivity index (χ1) is 13.0. The summed E-state index contributed by atoms with van der Waals surface area (Å²) in [5.41, 5.74) is 0. The third-order valence-electron chi connectivity index (χ3n) is 4.53. The molecule has 0 aliphatic heterocycles. The van der Waals surface area contributed by atoms with Crippen molar-refractivity contribution in [3.8, 4) is 0 Å². The van der Waals surface area contributed by atoms with Gasteiger partial charge in [0.15, 0.2) is 11.6 Å². The van der Waals surface area contributed by atoms with Crippen LogP contribution in [0, 0.1) is 11.8 Å². The van der Waals surface area contributed by atoms with Crippen molar-refractivity contribution in [3.63, 3.8) is 0 Å². The molecule has 0 spiro atoms. The maximum atomic E-state index is 12.3. The fraction of sp³-hybridized carbons (Fsp3) is 0.864. The third-order valence-corrected chi connectivity index (χ3v) is 4.53. The van der Waals surface area contributed by atoms with Gasteiger partial charge in [-0.3, -0.25) is 14.4 Å².